The predicted molar refractivity (Wildman–Crippen MR) is 95.3 cm³/mol. The number of nitrogens with zero attached hydrogens (tertiary/aromatic N) is 4. The van der Waals surface area contributed by atoms with Crippen LogP contribution in [0.3, 0.4) is 0 Å². The summed E-state index contributed by atoms with van der Waals surface area (Å²) in [6.07, 6.45) is 1.81. The van der Waals surface area contributed by atoms with Gasteiger partial charge in [-0.25, -0.2) is 9.78 Å². The van der Waals surface area contributed by atoms with Crippen molar-refractivity contribution in [3.63, 3.8) is 0 Å². The van der Waals surface area contributed by atoms with Crippen LogP contribution in [-0.4, -0.2) is 80.8 Å². The van der Waals surface area contributed by atoms with Gasteiger partial charge in [0.05, 0.1) is 12.6 Å². The summed E-state index contributed by atoms with van der Waals surface area (Å²) in [4.78, 5) is 22.9. The minimum Gasteiger partial charge on any atom is -0.383 e. The molecule has 2 heterocycles. The molecule has 7 nitrogen and oxygen atoms in total. The third kappa shape index (κ3) is 5.07. The second-order valence-corrected chi connectivity index (χ2v) is 6.39. The van der Waals surface area contributed by atoms with Gasteiger partial charge < -0.3 is 24.8 Å². The molecule has 0 aliphatic carbocycles. The van der Waals surface area contributed by atoms with Crippen LogP contribution in [0.4, 0.5) is 10.6 Å². The van der Waals surface area contributed by atoms with Crippen molar-refractivity contribution in [2.24, 2.45) is 0 Å². The number of carbonyl (C=O) groups excluding carboxylic acids is 1. The topological polar surface area (TPSA) is 60.9 Å². The van der Waals surface area contributed by atoms with E-state index in [1.54, 1.807) is 19.1 Å². The Hall–Kier alpha value is -1.86. The maximum Gasteiger partial charge on any atom is 0.317 e. The lowest BCUT2D eigenvalue weighted by Crippen LogP contribution is -2.45. The number of ether oxygens (including phenoxy) is 1. The fourth-order valence-electron chi connectivity index (χ4n) is 2.63. The van der Waals surface area contributed by atoms with E-state index in [0.717, 1.165) is 37.6 Å². The van der Waals surface area contributed by atoms with Gasteiger partial charge >= 0.3 is 6.03 Å². The Labute approximate surface area is 144 Å². The number of hydrogen-bond acceptors (Lipinski definition) is 5. The van der Waals surface area contributed by atoms with E-state index in [2.05, 4.69) is 33.2 Å². The molecule has 2 rings (SSSR count). The molecule has 1 aliphatic rings. The number of urea groups is 1. The van der Waals surface area contributed by atoms with Crippen LogP contribution in [-0.2, 0) is 11.3 Å². The summed E-state index contributed by atoms with van der Waals surface area (Å²) in [5.41, 5.74) is 1.06. The summed E-state index contributed by atoms with van der Waals surface area (Å²) < 4.78 is 5.09. The number of nitrogens with one attached hydrogen (secondary N) is 1. The van der Waals surface area contributed by atoms with E-state index in [4.69, 9.17) is 4.74 Å². The molecule has 1 aliphatic heterocycles. The van der Waals surface area contributed by atoms with E-state index in [0.29, 0.717) is 13.2 Å². The zero-order valence-electron chi connectivity index (χ0n) is 15.2. The van der Waals surface area contributed by atoms with Crippen molar-refractivity contribution in [3.8, 4) is 0 Å². The number of pyridine rings is 1. The zero-order valence-corrected chi connectivity index (χ0v) is 15.2. The SMILES string of the molecule is COC[C@H](C)N(C)C(=O)NCc1ccnc(N2CCN(C)CC2)c1. The lowest BCUT2D eigenvalue weighted by Gasteiger charge is -2.33. The van der Waals surface area contributed by atoms with Crippen LogP contribution >= 0.6 is 0 Å². The van der Waals surface area contributed by atoms with E-state index < -0.39 is 0 Å². The van der Waals surface area contributed by atoms with Gasteiger partial charge in [-0.1, -0.05) is 0 Å². The maximum absolute atomic E-state index is 12.2. The number of hydrogen-bond donors (Lipinski definition) is 1. The molecule has 0 bridgehead atoms. The molecular formula is C17H29N5O2. The number of likely N-dealkylation sites (N-methyl/N-ethyl adjacent to an activating group) is 2. The first kappa shape index (κ1) is 18.5. The van der Waals surface area contributed by atoms with Gasteiger partial charge in [0.15, 0.2) is 0 Å². The fraction of sp³-hybridized carbons (Fsp3) is 0.647. The van der Waals surface area contributed by atoms with Gasteiger partial charge in [0.25, 0.3) is 0 Å². The minimum atomic E-state index is -0.0995. The number of amides is 2. The second-order valence-electron chi connectivity index (χ2n) is 6.39. The van der Waals surface area contributed by atoms with Gasteiger partial charge in [-0.2, -0.15) is 0 Å². The van der Waals surface area contributed by atoms with E-state index in [-0.39, 0.29) is 12.1 Å². The molecule has 1 fully saturated rings. The smallest absolute Gasteiger partial charge is 0.317 e. The molecule has 1 N–H and O–H groups in total. The number of anilines is 1. The summed E-state index contributed by atoms with van der Waals surface area (Å²) >= 11 is 0. The Morgan fingerprint density at radius 1 is 1.42 bits per heavy atom. The number of rotatable bonds is 6. The average Bonchev–Trinajstić information content (AvgIpc) is 2.60. The first-order chi connectivity index (χ1) is 11.5. The Bertz CT molecular complexity index is 531. The van der Waals surface area contributed by atoms with E-state index >= 15 is 0 Å². The minimum absolute atomic E-state index is 0.0355. The molecule has 7 heteroatoms. The van der Waals surface area contributed by atoms with Crippen molar-refractivity contribution >= 4 is 11.8 Å². The maximum atomic E-state index is 12.2. The van der Waals surface area contributed by atoms with Crippen LogP contribution < -0.4 is 10.2 Å². The first-order valence-electron chi connectivity index (χ1n) is 8.39. The van der Waals surface area contributed by atoms with Crippen LogP contribution in [0.15, 0.2) is 18.3 Å². The highest BCUT2D eigenvalue weighted by Gasteiger charge is 2.17. The third-order valence-electron chi connectivity index (χ3n) is 4.47. The van der Waals surface area contributed by atoms with E-state index in [1.165, 1.54) is 0 Å². The molecule has 0 spiro atoms. The Balaban J connectivity index is 1.89. The molecule has 24 heavy (non-hydrogen) atoms. The number of carbonyl (C=O) groups is 1. The van der Waals surface area contributed by atoms with Crippen molar-refractivity contribution < 1.29 is 9.53 Å². The average molecular weight is 335 g/mol. The standard InChI is InChI=1S/C17H29N5O2/c1-14(13-24-4)21(3)17(23)19-12-15-5-6-18-16(11-15)22-9-7-20(2)8-10-22/h5-6,11,14H,7-10,12-13H2,1-4H3,(H,19,23)/t14-/m0/s1. The van der Waals surface area contributed by atoms with Crippen molar-refractivity contribution in [3.05, 3.63) is 23.9 Å². The first-order valence-corrected chi connectivity index (χ1v) is 8.39. The number of aromatic nitrogens is 1. The monoisotopic (exact) mass is 335 g/mol. The highest BCUT2D eigenvalue weighted by atomic mass is 16.5. The Kier molecular flexibility index (Phi) is 6.81. The largest absolute Gasteiger partial charge is 0.383 e. The number of piperazine rings is 1. The normalized spacial score (nSPS) is 16.8. The lowest BCUT2D eigenvalue weighted by molar-refractivity contribution is 0.123. The lowest BCUT2D eigenvalue weighted by atomic mass is 10.2. The molecule has 2 amide bonds. The zero-order chi connectivity index (χ0) is 17.5. The molecule has 0 unspecified atom stereocenters. The van der Waals surface area contributed by atoms with E-state index in [9.17, 15) is 4.79 Å². The molecule has 1 atom stereocenters. The van der Waals surface area contributed by atoms with Gasteiger partial charge in [-0.05, 0) is 31.7 Å². The van der Waals surface area contributed by atoms with E-state index in [1.807, 2.05) is 19.2 Å². The van der Waals surface area contributed by atoms with Crippen molar-refractivity contribution in [1.29, 1.82) is 0 Å². The molecule has 1 aromatic rings. The molecule has 0 aromatic carbocycles. The van der Waals surface area contributed by atoms with Crippen molar-refractivity contribution in [1.82, 2.24) is 20.1 Å². The molecule has 134 valence electrons. The molecule has 0 saturated carbocycles. The molecular weight excluding hydrogens is 306 g/mol. The molecule has 1 saturated heterocycles. The van der Waals surface area contributed by atoms with Gasteiger partial charge in [0, 0.05) is 53.1 Å². The van der Waals surface area contributed by atoms with Crippen LogP contribution in [0.1, 0.15) is 12.5 Å². The van der Waals surface area contributed by atoms with Crippen LogP contribution in [0.25, 0.3) is 0 Å². The van der Waals surface area contributed by atoms with Crippen LogP contribution in [0, 0.1) is 0 Å². The van der Waals surface area contributed by atoms with Crippen molar-refractivity contribution in [2.45, 2.75) is 19.5 Å². The molecule has 1 aromatic heterocycles. The predicted octanol–water partition coefficient (Wildman–Crippen LogP) is 1.01. The molecule has 0 radical (unpaired) electrons. The third-order valence-corrected chi connectivity index (χ3v) is 4.47. The number of methoxy groups -OCH3 is 1. The van der Waals surface area contributed by atoms with Crippen LogP contribution in [0.2, 0.25) is 0 Å². The Morgan fingerprint density at radius 2 is 2.12 bits per heavy atom. The summed E-state index contributed by atoms with van der Waals surface area (Å²) in [6, 6.07) is 3.94. The van der Waals surface area contributed by atoms with Gasteiger partial charge in [0.1, 0.15) is 5.82 Å². The highest BCUT2D eigenvalue weighted by Crippen LogP contribution is 2.14. The van der Waals surface area contributed by atoms with Gasteiger partial charge in [-0.3, -0.25) is 0 Å². The summed E-state index contributed by atoms with van der Waals surface area (Å²) in [6.45, 7) is 7.03. The quantitative estimate of drug-likeness (QED) is 0.841. The van der Waals surface area contributed by atoms with Crippen LogP contribution in [0.5, 0.6) is 0 Å². The van der Waals surface area contributed by atoms with Crippen molar-refractivity contribution in [2.75, 3.05) is 58.9 Å². The van der Waals surface area contributed by atoms with Gasteiger partial charge in [-0.15, -0.1) is 0 Å². The summed E-state index contributed by atoms with van der Waals surface area (Å²) in [7, 11) is 5.55. The summed E-state index contributed by atoms with van der Waals surface area (Å²) in [5, 5.41) is 2.95. The van der Waals surface area contributed by atoms with Gasteiger partial charge in [0.2, 0.25) is 0 Å². The summed E-state index contributed by atoms with van der Waals surface area (Å²) in [5.74, 6) is 0.982. The second kappa shape index (κ2) is 8.84. The fourth-order valence-corrected chi connectivity index (χ4v) is 2.63. The Morgan fingerprint density at radius 3 is 2.79 bits per heavy atom. The highest BCUT2D eigenvalue weighted by molar-refractivity contribution is 5.74.